The van der Waals surface area contributed by atoms with Crippen molar-refractivity contribution < 1.29 is 9.53 Å². The molecule has 0 radical (unpaired) electrons. The van der Waals surface area contributed by atoms with Gasteiger partial charge in [0.1, 0.15) is 15.0 Å². The van der Waals surface area contributed by atoms with Crippen molar-refractivity contribution in [1.29, 1.82) is 0 Å². The highest BCUT2D eigenvalue weighted by molar-refractivity contribution is 8.26. The first-order valence-electron chi connectivity index (χ1n) is 6.02. The smallest absolute Gasteiger partial charge is 0.269 e. The molecule has 1 heterocycles. The van der Waals surface area contributed by atoms with Crippen LogP contribution in [-0.4, -0.2) is 28.8 Å². The van der Waals surface area contributed by atoms with E-state index in [0.717, 1.165) is 5.56 Å². The summed E-state index contributed by atoms with van der Waals surface area (Å²) in [4.78, 5) is 14.4. The highest BCUT2D eigenvalue weighted by atomic mass is 32.2. The summed E-state index contributed by atoms with van der Waals surface area (Å²) >= 11 is 6.52. The van der Waals surface area contributed by atoms with Gasteiger partial charge in [0.15, 0.2) is 0 Å². The quantitative estimate of drug-likeness (QED) is 0.485. The largest absolute Gasteiger partial charge is 0.499 e. The second-order valence-electron chi connectivity index (χ2n) is 4.04. The average Bonchev–Trinajstić information content (AvgIpc) is 2.72. The Balaban J connectivity index is 2.28. The predicted molar refractivity (Wildman–Crippen MR) is 81.8 cm³/mol. The SMILES string of the molecule is CCN1C(=O)/C(=C(/Cc2ccccc2)OC)SC1=S. The number of nitrogens with zero attached hydrogens (tertiary/aromatic N) is 1. The van der Waals surface area contributed by atoms with Crippen LogP contribution in [0.4, 0.5) is 0 Å². The number of benzene rings is 1. The molecule has 0 spiro atoms. The Kier molecular flexibility index (Phi) is 4.61. The second-order valence-corrected chi connectivity index (χ2v) is 5.68. The Labute approximate surface area is 122 Å². The summed E-state index contributed by atoms with van der Waals surface area (Å²) in [7, 11) is 1.59. The minimum absolute atomic E-state index is 0.0507. The van der Waals surface area contributed by atoms with Gasteiger partial charge in [0, 0.05) is 13.0 Å². The van der Waals surface area contributed by atoms with Gasteiger partial charge in [0.05, 0.1) is 7.11 Å². The van der Waals surface area contributed by atoms with Crippen molar-refractivity contribution in [3.63, 3.8) is 0 Å². The van der Waals surface area contributed by atoms with Crippen LogP contribution < -0.4 is 0 Å². The molecule has 1 aliphatic rings. The molecular weight excluding hydrogens is 278 g/mol. The van der Waals surface area contributed by atoms with Gasteiger partial charge in [-0.05, 0) is 12.5 Å². The summed E-state index contributed by atoms with van der Waals surface area (Å²) in [6.45, 7) is 2.51. The van der Waals surface area contributed by atoms with Crippen molar-refractivity contribution in [2.75, 3.05) is 13.7 Å². The first-order chi connectivity index (χ1) is 9.17. The normalized spacial score (nSPS) is 17.9. The van der Waals surface area contributed by atoms with Gasteiger partial charge in [-0.25, -0.2) is 0 Å². The van der Waals surface area contributed by atoms with E-state index >= 15 is 0 Å². The zero-order chi connectivity index (χ0) is 13.8. The number of allylic oxidation sites excluding steroid dienone is 1. The van der Waals surface area contributed by atoms with Crippen LogP contribution in [0.25, 0.3) is 0 Å². The molecule has 0 atom stereocenters. The number of rotatable bonds is 4. The van der Waals surface area contributed by atoms with Crippen LogP contribution in [0.2, 0.25) is 0 Å². The molecule has 1 saturated heterocycles. The van der Waals surface area contributed by atoms with E-state index in [1.54, 1.807) is 12.0 Å². The van der Waals surface area contributed by atoms with Crippen molar-refractivity contribution >= 4 is 34.2 Å². The summed E-state index contributed by atoms with van der Waals surface area (Å²) in [6.07, 6.45) is 0.603. The fourth-order valence-corrected chi connectivity index (χ4v) is 3.29. The maximum atomic E-state index is 12.2. The molecular formula is C14H15NO2S2. The van der Waals surface area contributed by atoms with E-state index in [4.69, 9.17) is 17.0 Å². The van der Waals surface area contributed by atoms with Gasteiger partial charge in [-0.2, -0.15) is 0 Å². The van der Waals surface area contributed by atoms with Gasteiger partial charge in [-0.3, -0.25) is 9.69 Å². The molecule has 1 fully saturated rings. The molecule has 3 nitrogen and oxygen atoms in total. The first kappa shape index (κ1) is 14.1. The molecule has 2 rings (SSSR count). The van der Waals surface area contributed by atoms with Gasteiger partial charge < -0.3 is 4.74 Å². The van der Waals surface area contributed by atoms with E-state index in [2.05, 4.69) is 0 Å². The van der Waals surface area contributed by atoms with Gasteiger partial charge >= 0.3 is 0 Å². The molecule has 19 heavy (non-hydrogen) atoms. The van der Waals surface area contributed by atoms with E-state index in [0.29, 0.717) is 28.0 Å². The number of hydrogen-bond donors (Lipinski definition) is 0. The molecule has 1 aromatic carbocycles. The van der Waals surface area contributed by atoms with E-state index in [1.807, 2.05) is 37.3 Å². The Hall–Kier alpha value is -1.33. The van der Waals surface area contributed by atoms with Crippen molar-refractivity contribution in [3.8, 4) is 0 Å². The minimum Gasteiger partial charge on any atom is -0.499 e. The first-order valence-corrected chi connectivity index (χ1v) is 7.24. The lowest BCUT2D eigenvalue weighted by atomic mass is 10.1. The van der Waals surface area contributed by atoms with Crippen LogP contribution in [0, 0.1) is 0 Å². The second kappa shape index (κ2) is 6.21. The van der Waals surface area contributed by atoms with Crippen LogP contribution in [0.3, 0.4) is 0 Å². The van der Waals surface area contributed by atoms with Crippen LogP contribution in [-0.2, 0) is 16.0 Å². The number of hydrogen-bond acceptors (Lipinski definition) is 4. The molecule has 1 amide bonds. The molecule has 0 aromatic heterocycles. The van der Waals surface area contributed by atoms with Gasteiger partial charge in [-0.1, -0.05) is 54.3 Å². The van der Waals surface area contributed by atoms with Crippen molar-refractivity contribution in [2.45, 2.75) is 13.3 Å². The highest BCUT2D eigenvalue weighted by Crippen LogP contribution is 2.34. The zero-order valence-corrected chi connectivity index (χ0v) is 12.5. The monoisotopic (exact) mass is 293 g/mol. The number of carbonyl (C=O) groups is 1. The third kappa shape index (κ3) is 2.98. The number of ether oxygens (including phenoxy) is 1. The van der Waals surface area contributed by atoms with Crippen molar-refractivity contribution in [3.05, 3.63) is 46.6 Å². The Morgan fingerprint density at radius 2 is 2.05 bits per heavy atom. The number of thioether (sulfide) groups is 1. The van der Waals surface area contributed by atoms with Crippen LogP contribution in [0.15, 0.2) is 41.0 Å². The maximum Gasteiger partial charge on any atom is 0.269 e. The van der Waals surface area contributed by atoms with Crippen molar-refractivity contribution in [2.24, 2.45) is 0 Å². The van der Waals surface area contributed by atoms with E-state index in [-0.39, 0.29) is 5.91 Å². The molecule has 0 unspecified atom stereocenters. The lowest BCUT2D eigenvalue weighted by Crippen LogP contribution is -2.27. The molecule has 0 saturated carbocycles. The lowest BCUT2D eigenvalue weighted by molar-refractivity contribution is -0.122. The topological polar surface area (TPSA) is 29.5 Å². The van der Waals surface area contributed by atoms with Crippen molar-refractivity contribution in [1.82, 2.24) is 4.90 Å². The van der Waals surface area contributed by atoms with Gasteiger partial charge in [0.2, 0.25) is 0 Å². The molecule has 0 bridgehead atoms. The molecule has 0 aliphatic carbocycles. The molecule has 100 valence electrons. The number of carbonyl (C=O) groups excluding carboxylic acids is 1. The van der Waals surface area contributed by atoms with Gasteiger partial charge in [0.25, 0.3) is 5.91 Å². The van der Waals surface area contributed by atoms with E-state index in [9.17, 15) is 4.79 Å². The minimum atomic E-state index is -0.0507. The molecule has 1 aliphatic heterocycles. The predicted octanol–water partition coefficient (Wildman–Crippen LogP) is 2.97. The van der Waals surface area contributed by atoms with E-state index < -0.39 is 0 Å². The fourth-order valence-electron chi connectivity index (χ4n) is 1.87. The van der Waals surface area contributed by atoms with Crippen LogP contribution in [0.5, 0.6) is 0 Å². The Morgan fingerprint density at radius 1 is 1.37 bits per heavy atom. The lowest BCUT2D eigenvalue weighted by Gasteiger charge is -2.11. The molecule has 5 heteroatoms. The Morgan fingerprint density at radius 3 is 2.58 bits per heavy atom. The number of amides is 1. The number of thiocarbonyl (C=S) groups is 1. The molecule has 1 aromatic rings. The summed E-state index contributed by atoms with van der Waals surface area (Å²) in [5.41, 5.74) is 1.11. The number of likely N-dealkylation sites (N-methyl/N-ethyl adjacent to an activating group) is 1. The standard InChI is InChI=1S/C14H15NO2S2/c1-3-15-13(16)12(19-14(15)18)11(17-2)9-10-7-5-4-6-8-10/h4-8H,3,9H2,1-2H3/b12-11+. The highest BCUT2D eigenvalue weighted by Gasteiger charge is 2.33. The molecule has 0 N–H and O–H groups in total. The third-order valence-corrected chi connectivity index (χ3v) is 4.34. The summed E-state index contributed by atoms with van der Waals surface area (Å²) in [6, 6.07) is 9.94. The van der Waals surface area contributed by atoms with Crippen LogP contribution >= 0.6 is 24.0 Å². The maximum absolute atomic E-state index is 12.2. The average molecular weight is 293 g/mol. The third-order valence-electron chi connectivity index (χ3n) is 2.87. The van der Waals surface area contributed by atoms with Gasteiger partial charge in [-0.15, -0.1) is 0 Å². The van der Waals surface area contributed by atoms with Crippen LogP contribution in [0.1, 0.15) is 12.5 Å². The Bertz CT molecular complexity index is 526. The fraction of sp³-hybridized carbons (Fsp3) is 0.286. The summed E-state index contributed by atoms with van der Waals surface area (Å²) < 4.78 is 6.00. The summed E-state index contributed by atoms with van der Waals surface area (Å²) in [5.74, 6) is 0.629. The zero-order valence-electron chi connectivity index (χ0n) is 10.9. The summed E-state index contributed by atoms with van der Waals surface area (Å²) in [5, 5.41) is 0. The number of methoxy groups -OCH3 is 1. The van der Waals surface area contributed by atoms with E-state index in [1.165, 1.54) is 11.8 Å².